The lowest BCUT2D eigenvalue weighted by Gasteiger charge is -2.10. The molecule has 0 fully saturated rings. The van der Waals surface area contributed by atoms with Gasteiger partial charge in [-0.1, -0.05) is 35.9 Å². The summed E-state index contributed by atoms with van der Waals surface area (Å²) < 4.78 is 0.765. The Kier molecular flexibility index (Phi) is 5.90. The van der Waals surface area contributed by atoms with Crippen molar-refractivity contribution in [1.29, 1.82) is 0 Å². The Balaban J connectivity index is 1.73. The van der Waals surface area contributed by atoms with Crippen molar-refractivity contribution in [3.05, 3.63) is 92.5 Å². The molecule has 0 aliphatic rings. The van der Waals surface area contributed by atoms with E-state index < -0.39 is 0 Å². The molecule has 0 unspecified atom stereocenters. The van der Waals surface area contributed by atoms with E-state index in [1.807, 2.05) is 6.07 Å². The molecule has 130 valence electrons. The molecule has 4 nitrogen and oxygen atoms in total. The monoisotopic (exact) mass is 476 g/mol. The second kappa shape index (κ2) is 8.33. The fourth-order valence-corrected chi connectivity index (χ4v) is 3.46. The zero-order valence-electron chi connectivity index (χ0n) is 13.5. The van der Waals surface area contributed by atoms with Crippen molar-refractivity contribution in [2.75, 3.05) is 10.6 Å². The molecule has 3 rings (SSSR count). The molecule has 0 spiro atoms. The van der Waals surface area contributed by atoms with Crippen LogP contribution in [0, 0.1) is 3.57 Å². The molecule has 0 aromatic heterocycles. The lowest BCUT2D eigenvalue weighted by molar-refractivity contribution is 0.101. The third kappa shape index (κ3) is 4.62. The second-order valence-electron chi connectivity index (χ2n) is 5.48. The first-order valence-electron chi connectivity index (χ1n) is 7.76. The molecule has 0 bridgehead atoms. The zero-order chi connectivity index (χ0) is 18.5. The van der Waals surface area contributed by atoms with Gasteiger partial charge in [-0.2, -0.15) is 0 Å². The van der Waals surface area contributed by atoms with Crippen molar-refractivity contribution in [3.63, 3.8) is 0 Å². The first kappa shape index (κ1) is 18.4. The maximum Gasteiger partial charge on any atom is 0.256 e. The van der Waals surface area contributed by atoms with Crippen molar-refractivity contribution in [1.82, 2.24) is 0 Å². The van der Waals surface area contributed by atoms with Crippen LogP contribution in [-0.2, 0) is 0 Å². The third-order valence-corrected chi connectivity index (χ3v) is 4.72. The van der Waals surface area contributed by atoms with E-state index in [0.717, 1.165) is 3.57 Å². The summed E-state index contributed by atoms with van der Waals surface area (Å²) in [6, 6.07) is 21.0. The average molecular weight is 477 g/mol. The smallest absolute Gasteiger partial charge is 0.256 e. The van der Waals surface area contributed by atoms with Gasteiger partial charge >= 0.3 is 0 Å². The summed E-state index contributed by atoms with van der Waals surface area (Å²) >= 11 is 8.00. The number of carbonyl (C=O) groups is 2. The van der Waals surface area contributed by atoms with Crippen molar-refractivity contribution < 1.29 is 9.59 Å². The fraction of sp³-hybridized carbons (Fsp3) is 0. The van der Waals surface area contributed by atoms with Crippen LogP contribution in [-0.4, -0.2) is 11.8 Å². The molecule has 26 heavy (non-hydrogen) atoms. The zero-order valence-corrected chi connectivity index (χ0v) is 16.4. The van der Waals surface area contributed by atoms with Gasteiger partial charge in [0, 0.05) is 25.5 Å². The van der Waals surface area contributed by atoms with Gasteiger partial charge in [0.15, 0.2) is 0 Å². The van der Waals surface area contributed by atoms with Crippen LogP contribution >= 0.6 is 34.2 Å². The predicted molar refractivity (Wildman–Crippen MR) is 113 cm³/mol. The van der Waals surface area contributed by atoms with Gasteiger partial charge in [0.25, 0.3) is 11.8 Å². The maximum absolute atomic E-state index is 12.5. The molecule has 0 aliphatic heterocycles. The van der Waals surface area contributed by atoms with Gasteiger partial charge in [-0.05, 0) is 71.1 Å². The molecule has 0 saturated carbocycles. The van der Waals surface area contributed by atoms with Crippen LogP contribution < -0.4 is 10.6 Å². The lowest BCUT2D eigenvalue weighted by atomic mass is 10.2. The van der Waals surface area contributed by atoms with Gasteiger partial charge in [0.1, 0.15) is 0 Å². The Morgan fingerprint density at radius 2 is 1.42 bits per heavy atom. The number of amides is 2. The fourth-order valence-electron chi connectivity index (χ4n) is 2.34. The summed E-state index contributed by atoms with van der Waals surface area (Å²) in [5.74, 6) is -0.445. The number of hydrogen-bond donors (Lipinski definition) is 2. The van der Waals surface area contributed by atoms with Gasteiger partial charge in [0.05, 0.1) is 5.56 Å². The number of nitrogens with one attached hydrogen (secondary N) is 2. The van der Waals surface area contributed by atoms with Crippen LogP contribution in [0.3, 0.4) is 0 Å². The highest BCUT2D eigenvalue weighted by Gasteiger charge is 2.11. The van der Waals surface area contributed by atoms with Gasteiger partial charge in [0.2, 0.25) is 0 Å². The first-order chi connectivity index (χ1) is 12.5. The van der Waals surface area contributed by atoms with E-state index in [1.165, 1.54) is 0 Å². The van der Waals surface area contributed by atoms with E-state index in [9.17, 15) is 9.59 Å². The quantitative estimate of drug-likeness (QED) is 0.492. The van der Waals surface area contributed by atoms with Crippen LogP contribution in [0.25, 0.3) is 0 Å². The number of halogens is 2. The Hall–Kier alpha value is -2.38. The van der Waals surface area contributed by atoms with Crippen LogP contribution in [0.15, 0.2) is 72.8 Å². The Morgan fingerprint density at radius 3 is 2.08 bits per heavy atom. The highest BCUT2D eigenvalue weighted by Crippen LogP contribution is 2.21. The van der Waals surface area contributed by atoms with Crippen LogP contribution in [0.4, 0.5) is 11.4 Å². The number of anilines is 2. The molecule has 6 heteroatoms. The number of rotatable bonds is 4. The molecule has 0 saturated heterocycles. The summed E-state index contributed by atoms with van der Waals surface area (Å²) in [6.45, 7) is 0. The Labute approximate surface area is 169 Å². The Morgan fingerprint density at radius 1 is 0.769 bits per heavy atom. The van der Waals surface area contributed by atoms with Gasteiger partial charge in [-0.25, -0.2) is 0 Å². The van der Waals surface area contributed by atoms with Crippen LogP contribution in [0.5, 0.6) is 0 Å². The van der Waals surface area contributed by atoms with Crippen molar-refractivity contribution in [2.45, 2.75) is 0 Å². The van der Waals surface area contributed by atoms with Crippen molar-refractivity contribution in [2.24, 2.45) is 0 Å². The van der Waals surface area contributed by atoms with E-state index in [0.29, 0.717) is 27.5 Å². The lowest BCUT2D eigenvalue weighted by Crippen LogP contribution is -2.14. The topological polar surface area (TPSA) is 58.2 Å². The van der Waals surface area contributed by atoms with E-state index in [-0.39, 0.29) is 11.8 Å². The molecule has 3 aromatic carbocycles. The Bertz CT molecular complexity index is 961. The molecule has 3 aromatic rings. The van der Waals surface area contributed by atoms with E-state index in [2.05, 4.69) is 33.2 Å². The SMILES string of the molecule is O=C(Nc1cccc(NC(=O)c2ccc(Cl)cc2I)c1)c1ccccc1. The van der Waals surface area contributed by atoms with Gasteiger partial charge < -0.3 is 10.6 Å². The minimum atomic E-state index is -0.238. The summed E-state index contributed by atoms with van der Waals surface area (Å²) in [4.78, 5) is 24.7. The number of carbonyl (C=O) groups excluding carboxylic acids is 2. The molecule has 2 N–H and O–H groups in total. The third-order valence-electron chi connectivity index (χ3n) is 3.59. The standard InChI is InChI=1S/C20H14ClIN2O2/c21-14-9-10-17(18(22)11-14)20(26)24-16-8-4-7-15(12-16)23-19(25)13-5-2-1-3-6-13/h1-12H,(H,23,25)(H,24,26). The molecule has 0 radical (unpaired) electrons. The predicted octanol–water partition coefficient (Wildman–Crippen LogP) is 5.45. The molecule has 2 amide bonds. The van der Waals surface area contributed by atoms with E-state index >= 15 is 0 Å². The molecule has 0 atom stereocenters. The van der Waals surface area contributed by atoms with E-state index in [1.54, 1.807) is 66.7 Å². The van der Waals surface area contributed by atoms with Gasteiger partial charge in [-0.3, -0.25) is 9.59 Å². The highest BCUT2D eigenvalue weighted by atomic mass is 127. The minimum absolute atomic E-state index is 0.207. The second-order valence-corrected chi connectivity index (χ2v) is 7.08. The minimum Gasteiger partial charge on any atom is -0.322 e. The first-order valence-corrected chi connectivity index (χ1v) is 9.21. The van der Waals surface area contributed by atoms with Crippen LogP contribution in [0.2, 0.25) is 5.02 Å². The number of benzene rings is 3. The molecular weight excluding hydrogens is 463 g/mol. The summed E-state index contributed by atoms with van der Waals surface area (Å²) in [5.41, 5.74) is 2.29. The normalized spacial score (nSPS) is 10.2. The van der Waals surface area contributed by atoms with Crippen molar-refractivity contribution >= 4 is 57.4 Å². The van der Waals surface area contributed by atoms with Crippen molar-refractivity contribution in [3.8, 4) is 0 Å². The number of hydrogen-bond acceptors (Lipinski definition) is 2. The molecule has 0 heterocycles. The summed E-state index contributed by atoms with van der Waals surface area (Å²) in [7, 11) is 0. The van der Waals surface area contributed by atoms with Gasteiger partial charge in [-0.15, -0.1) is 0 Å². The molecular formula is C20H14ClIN2O2. The van der Waals surface area contributed by atoms with Crippen LogP contribution in [0.1, 0.15) is 20.7 Å². The highest BCUT2D eigenvalue weighted by molar-refractivity contribution is 14.1. The largest absolute Gasteiger partial charge is 0.322 e. The maximum atomic E-state index is 12.5. The summed E-state index contributed by atoms with van der Waals surface area (Å²) in [6.07, 6.45) is 0. The molecule has 0 aliphatic carbocycles. The summed E-state index contributed by atoms with van der Waals surface area (Å²) in [5, 5.41) is 6.24. The average Bonchev–Trinajstić information content (AvgIpc) is 2.62. The van der Waals surface area contributed by atoms with E-state index in [4.69, 9.17) is 11.6 Å².